The van der Waals surface area contributed by atoms with Crippen molar-refractivity contribution in [2.24, 2.45) is 0 Å². The molecule has 0 aliphatic heterocycles. The van der Waals surface area contributed by atoms with E-state index in [1.54, 1.807) is 12.1 Å². The van der Waals surface area contributed by atoms with E-state index in [0.29, 0.717) is 5.52 Å². The first-order valence-electron chi connectivity index (χ1n) is 6.22. The number of carbonyl (C=O) groups excluding carboxylic acids is 1. The van der Waals surface area contributed by atoms with Gasteiger partial charge in [0, 0.05) is 0 Å². The molecule has 0 unspecified atom stereocenters. The maximum absolute atomic E-state index is 12.7. The van der Waals surface area contributed by atoms with Gasteiger partial charge in [0.25, 0.3) is 15.3 Å². The maximum atomic E-state index is 12.7. The number of anilines is 1. The molecule has 0 saturated carbocycles. The minimum absolute atomic E-state index is 0.0737. The molecule has 0 saturated heterocycles. The Kier molecular flexibility index (Phi) is 4.67. The summed E-state index contributed by atoms with van der Waals surface area (Å²) in [6, 6.07) is 6.98. The number of benzene rings is 2. The molecule has 0 amide bonds. The van der Waals surface area contributed by atoms with Crippen molar-refractivity contribution in [2.75, 3.05) is 4.72 Å². The topological polar surface area (TPSA) is 89.0 Å². The van der Waals surface area contributed by atoms with E-state index in [1.807, 2.05) is 0 Å². The van der Waals surface area contributed by atoms with Gasteiger partial charge in [0.1, 0.15) is 15.9 Å². The van der Waals surface area contributed by atoms with Crippen LogP contribution in [0.2, 0.25) is 10.0 Å². The Labute approximate surface area is 155 Å². The van der Waals surface area contributed by atoms with Crippen LogP contribution in [0, 0.1) is 0 Å². The maximum Gasteiger partial charge on any atom is 0.264 e. The molecule has 24 heavy (non-hydrogen) atoms. The summed E-state index contributed by atoms with van der Waals surface area (Å²) in [7, 11) is -4.05. The molecule has 2 aromatic carbocycles. The van der Waals surface area contributed by atoms with Crippen LogP contribution in [0.15, 0.2) is 35.2 Å². The number of hydrogen-bond donors (Lipinski definition) is 1. The number of sulfonamides is 1. The van der Waals surface area contributed by atoms with E-state index in [1.165, 1.54) is 18.2 Å². The number of carbonyl (C=O) groups is 1. The number of nitrogens with zero attached hydrogens (tertiary/aromatic N) is 2. The summed E-state index contributed by atoms with van der Waals surface area (Å²) in [6.45, 7) is 0. The van der Waals surface area contributed by atoms with Gasteiger partial charge < -0.3 is 0 Å². The van der Waals surface area contributed by atoms with Crippen molar-refractivity contribution in [2.45, 2.75) is 4.90 Å². The molecule has 1 N–H and O–H groups in total. The van der Waals surface area contributed by atoms with Crippen LogP contribution >= 0.6 is 46.5 Å². The van der Waals surface area contributed by atoms with Crippen LogP contribution in [0.4, 0.5) is 5.69 Å². The fourth-order valence-corrected chi connectivity index (χ4v) is 4.31. The highest BCUT2D eigenvalue weighted by Gasteiger charge is 2.23. The Morgan fingerprint density at radius 1 is 1.12 bits per heavy atom. The first-order valence-corrected chi connectivity index (χ1v) is 9.57. The zero-order valence-electron chi connectivity index (χ0n) is 11.5. The van der Waals surface area contributed by atoms with Crippen LogP contribution in [-0.4, -0.2) is 22.4 Å². The Bertz CT molecular complexity index is 1070. The summed E-state index contributed by atoms with van der Waals surface area (Å²) in [4.78, 5) is 11.5. The summed E-state index contributed by atoms with van der Waals surface area (Å²) in [6.07, 6.45) is 0. The molecule has 124 valence electrons. The van der Waals surface area contributed by atoms with Gasteiger partial charge in [0.15, 0.2) is 0 Å². The van der Waals surface area contributed by atoms with Gasteiger partial charge in [-0.15, -0.1) is 0 Å². The third-order valence-corrected chi connectivity index (χ3v) is 5.92. The van der Waals surface area contributed by atoms with Gasteiger partial charge >= 0.3 is 0 Å². The highest BCUT2D eigenvalue weighted by Crippen LogP contribution is 2.32. The molecule has 0 radical (unpaired) electrons. The first kappa shape index (κ1) is 17.4. The highest BCUT2D eigenvalue weighted by atomic mass is 35.5. The Morgan fingerprint density at radius 2 is 1.83 bits per heavy atom. The van der Waals surface area contributed by atoms with Gasteiger partial charge in [-0.1, -0.05) is 29.3 Å². The number of nitrogens with one attached hydrogen (secondary N) is 1. The fraction of sp³-hybridized carbons (Fsp3) is 0. The van der Waals surface area contributed by atoms with Gasteiger partial charge in [-0.2, -0.15) is 8.75 Å². The monoisotopic (exact) mass is 421 g/mol. The molecule has 1 heterocycles. The second-order valence-electron chi connectivity index (χ2n) is 4.58. The van der Waals surface area contributed by atoms with Crippen LogP contribution in [0.25, 0.3) is 11.0 Å². The van der Waals surface area contributed by atoms with Crippen molar-refractivity contribution in [3.8, 4) is 0 Å². The second kappa shape index (κ2) is 6.45. The van der Waals surface area contributed by atoms with Gasteiger partial charge in [-0.3, -0.25) is 9.52 Å². The molecule has 3 rings (SSSR count). The fourth-order valence-electron chi connectivity index (χ4n) is 1.99. The zero-order chi connectivity index (χ0) is 17.5. The van der Waals surface area contributed by atoms with E-state index in [0.717, 1.165) is 11.7 Å². The molecule has 0 spiro atoms. The third kappa shape index (κ3) is 3.20. The summed E-state index contributed by atoms with van der Waals surface area (Å²) in [5, 5.41) is -0.723. The quantitative estimate of drug-likeness (QED) is 0.637. The number of fused-ring (bicyclic) bond motifs is 1. The summed E-state index contributed by atoms with van der Waals surface area (Å²) in [5.41, 5.74) is 0.488. The van der Waals surface area contributed by atoms with E-state index in [9.17, 15) is 13.2 Å². The van der Waals surface area contributed by atoms with Crippen LogP contribution < -0.4 is 4.72 Å². The van der Waals surface area contributed by atoms with Crippen LogP contribution in [0.3, 0.4) is 0 Å². The molecule has 11 heteroatoms. The van der Waals surface area contributed by atoms with Gasteiger partial charge in [0.2, 0.25) is 0 Å². The molecule has 0 aliphatic carbocycles. The van der Waals surface area contributed by atoms with Crippen molar-refractivity contribution in [1.29, 1.82) is 0 Å². The smallest absolute Gasteiger partial charge is 0.264 e. The van der Waals surface area contributed by atoms with Gasteiger partial charge in [0.05, 0.1) is 33.0 Å². The van der Waals surface area contributed by atoms with Crippen molar-refractivity contribution in [1.82, 2.24) is 8.75 Å². The molecule has 6 nitrogen and oxygen atoms in total. The predicted molar refractivity (Wildman–Crippen MR) is 94.9 cm³/mol. The Hall–Kier alpha value is -1.45. The number of rotatable bonds is 4. The Morgan fingerprint density at radius 3 is 2.54 bits per heavy atom. The lowest BCUT2D eigenvalue weighted by molar-refractivity contribution is 0.108. The van der Waals surface area contributed by atoms with Crippen molar-refractivity contribution < 1.29 is 13.2 Å². The highest BCUT2D eigenvalue weighted by molar-refractivity contribution is 7.93. The van der Waals surface area contributed by atoms with Crippen molar-refractivity contribution in [3.63, 3.8) is 0 Å². The van der Waals surface area contributed by atoms with Gasteiger partial charge in [-0.05, 0) is 35.9 Å². The average molecular weight is 423 g/mol. The van der Waals surface area contributed by atoms with E-state index in [2.05, 4.69) is 13.5 Å². The van der Waals surface area contributed by atoms with Crippen LogP contribution in [-0.2, 0) is 10.0 Å². The van der Waals surface area contributed by atoms with Crippen LogP contribution in [0.5, 0.6) is 0 Å². The van der Waals surface area contributed by atoms with Crippen molar-refractivity contribution >= 4 is 78.5 Å². The van der Waals surface area contributed by atoms with E-state index in [4.69, 9.17) is 34.8 Å². The van der Waals surface area contributed by atoms with Gasteiger partial charge in [-0.25, -0.2) is 8.42 Å². The number of hydrogen-bond acceptors (Lipinski definition) is 6. The molecule has 3 aromatic rings. The summed E-state index contributed by atoms with van der Waals surface area (Å²) in [5.74, 6) is 0. The molecule has 0 fully saturated rings. The average Bonchev–Trinajstić information content (AvgIpc) is 2.98. The molecular weight excluding hydrogens is 417 g/mol. The Balaban J connectivity index is 2.12. The lowest BCUT2D eigenvalue weighted by Crippen LogP contribution is -2.15. The molecule has 0 atom stereocenters. The lowest BCUT2D eigenvalue weighted by Gasteiger charge is -2.12. The summed E-state index contributed by atoms with van der Waals surface area (Å²) >= 11 is 18.1. The molecule has 0 aliphatic rings. The standard InChI is InChI=1S/C13H6Cl3N3O3S2/c14-7-4-6(13(16)20)10(5-8(7)15)19-24(21,22)11-3-1-2-9-12(11)18-23-17-9/h1-5,19H. The van der Waals surface area contributed by atoms with E-state index in [-0.39, 0.29) is 31.7 Å². The van der Waals surface area contributed by atoms with E-state index >= 15 is 0 Å². The second-order valence-corrected chi connectivity index (χ2v) is 7.92. The third-order valence-electron chi connectivity index (χ3n) is 3.06. The largest absolute Gasteiger partial charge is 0.279 e. The minimum Gasteiger partial charge on any atom is -0.279 e. The van der Waals surface area contributed by atoms with E-state index < -0.39 is 15.3 Å². The SMILES string of the molecule is O=C(Cl)c1cc(Cl)c(Cl)cc1NS(=O)(=O)c1cccc2nsnc12. The molecule has 1 aromatic heterocycles. The summed E-state index contributed by atoms with van der Waals surface area (Å²) < 4.78 is 35.6. The normalized spacial score (nSPS) is 11.6. The number of halogens is 3. The zero-order valence-corrected chi connectivity index (χ0v) is 15.4. The van der Waals surface area contributed by atoms with Crippen LogP contribution in [0.1, 0.15) is 10.4 Å². The minimum atomic E-state index is -4.05. The number of aromatic nitrogens is 2. The first-order chi connectivity index (χ1) is 11.3. The lowest BCUT2D eigenvalue weighted by atomic mass is 10.2. The van der Waals surface area contributed by atoms with Crippen molar-refractivity contribution in [3.05, 3.63) is 45.9 Å². The predicted octanol–water partition coefficient (Wildman–Crippen LogP) is 4.18. The molecule has 0 bridgehead atoms. The molecular formula is C13H6Cl3N3O3S2.